The van der Waals surface area contributed by atoms with Crippen molar-refractivity contribution in [1.29, 1.82) is 0 Å². The average molecular weight is 757 g/mol. The van der Waals surface area contributed by atoms with E-state index in [1.807, 2.05) is 12.1 Å². The maximum Gasteiger partial charge on any atom is 0.411 e. The summed E-state index contributed by atoms with van der Waals surface area (Å²) in [5.41, 5.74) is 1.71. The number of carbonyl (C=O) groups excluding carboxylic acids is 3. The van der Waals surface area contributed by atoms with Crippen molar-refractivity contribution < 1.29 is 37.0 Å². The Labute approximate surface area is 311 Å². The van der Waals surface area contributed by atoms with E-state index < -0.39 is 45.9 Å². The minimum Gasteiger partial charge on any atom is -0.490 e. The van der Waals surface area contributed by atoms with Crippen molar-refractivity contribution in [1.82, 2.24) is 14.5 Å². The van der Waals surface area contributed by atoms with Crippen molar-refractivity contribution in [3.8, 4) is 5.75 Å². The Morgan fingerprint density at radius 2 is 1.88 bits per heavy atom. The van der Waals surface area contributed by atoms with Crippen molar-refractivity contribution in [3.05, 3.63) is 64.7 Å². The van der Waals surface area contributed by atoms with Gasteiger partial charge in [0.25, 0.3) is 15.9 Å². The minimum atomic E-state index is -4.37. The van der Waals surface area contributed by atoms with Crippen LogP contribution in [0.2, 0.25) is 5.02 Å². The molecule has 1 spiro atoms. The lowest BCUT2D eigenvalue weighted by Gasteiger charge is -2.46. The van der Waals surface area contributed by atoms with Crippen LogP contribution < -0.4 is 14.4 Å². The molecule has 2 heterocycles. The van der Waals surface area contributed by atoms with Crippen LogP contribution in [0.15, 0.2) is 53.4 Å². The number of amides is 3. The predicted octanol–water partition coefficient (Wildman–Crippen LogP) is 5.91. The summed E-state index contributed by atoms with van der Waals surface area (Å²) in [6.07, 6.45) is 5.94. The quantitative estimate of drug-likeness (QED) is 0.353. The van der Waals surface area contributed by atoms with Gasteiger partial charge in [-0.2, -0.15) is 0 Å². The highest BCUT2D eigenvalue weighted by molar-refractivity contribution is 7.90. The molecule has 6 rings (SSSR count). The van der Waals surface area contributed by atoms with Crippen LogP contribution >= 0.6 is 11.6 Å². The Balaban J connectivity index is 1.44. The summed E-state index contributed by atoms with van der Waals surface area (Å²) in [6, 6.07) is 9.44. The summed E-state index contributed by atoms with van der Waals surface area (Å²) in [4.78, 5) is 44.6. The topological polar surface area (TPSA) is 135 Å². The van der Waals surface area contributed by atoms with Gasteiger partial charge >= 0.3 is 12.2 Å². The number of rotatable bonds is 1. The van der Waals surface area contributed by atoms with Crippen LogP contribution in [0, 0.1) is 11.8 Å². The van der Waals surface area contributed by atoms with Crippen molar-refractivity contribution in [2.24, 2.45) is 11.8 Å². The molecule has 0 radical (unpaired) electrons. The fourth-order valence-corrected chi connectivity index (χ4v) is 8.99. The number of anilines is 1. The van der Waals surface area contributed by atoms with E-state index in [9.17, 15) is 22.8 Å². The zero-order valence-electron chi connectivity index (χ0n) is 30.7. The van der Waals surface area contributed by atoms with Gasteiger partial charge in [-0.25, -0.2) is 22.7 Å². The van der Waals surface area contributed by atoms with Crippen molar-refractivity contribution in [2.75, 3.05) is 45.2 Å². The third kappa shape index (κ3) is 7.85. The Hall–Kier alpha value is -3.97. The highest BCUT2D eigenvalue weighted by Gasteiger charge is 2.45. The number of ether oxygens (including phenoxy) is 3. The normalized spacial score (nSPS) is 27.8. The van der Waals surface area contributed by atoms with Crippen LogP contribution in [0.3, 0.4) is 0 Å². The predicted molar refractivity (Wildman–Crippen MR) is 197 cm³/mol. The fourth-order valence-electron chi connectivity index (χ4n) is 7.73. The summed E-state index contributed by atoms with van der Waals surface area (Å²) >= 11 is 6.43. The lowest BCUT2D eigenvalue weighted by atomic mass is 9.68. The smallest absolute Gasteiger partial charge is 0.411 e. The monoisotopic (exact) mass is 756 g/mol. The second-order valence-corrected chi connectivity index (χ2v) is 17.8. The molecular weight excluding hydrogens is 708 g/mol. The van der Waals surface area contributed by atoms with Gasteiger partial charge in [0, 0.05) is 50.1 Å². The number of nitrogens with zero attached hydrogens (tertiary/aromatic N) is 3. The van der Waals surface area contributed by atoms with Gasteiger partial charge in [-0.05, 0) is 113 Å². The molecule has 14 heteroatoms. The highest BCUT2D eigenvalue weighted by atomic mass is 35.5. The fraction of sp³-hybridized carbons (Fsp3) is 0.553. The summed E-state index contributed by atoms with van der Waals surface area (Å²) < 4.78 is 48.1. The van der Waals surface area contributed by atoms with E-state index in [2.05, 4.69) is 15.7 Å². The molecule has 0 unspecified atom stereocenters. The molecule has 1 saturated carbocycles. The molecule has 1 N–H and O–H groups in total. The van der Waals surface area contributed by atoms with Gasteiger partial charge in [-0.15, -0.1) is 0 Å². The number of hydrogen-bond donors (Lipinski definition) is 1. The Morgan fingerprint density at radius 3 is 2.58 bits per heavy atom. The first-order chi connectivity index (χ1) is 24.5. The van der Waals surface area contributed by atoms with Crippen molar-refractivity contribution in [3.63, 3.8) is 0 Å². The number of carbonyl (C=O) groups is 3. The molecular formula is C38H49ClN4O8S. The van der Waals surface area contributed by atoms with E-state index in [-0.39, 0.29) is 28.7 Å². The van der Waals surface area contributed by atoms with Crippen LogP contribution in [-0.4, -0.2) is 94.4 Å². The van der Waals surface area contributed by atoms with Gasteiger partial charge in [0.2, 0.25) is 0 Å². The second-order valence-electron chi connectivity index (χ2n) is 15.7. The summed E-state index contributed by atoms with van der Waals surface area (Å²) in [5, 5.41) is 0.683. The van der Waals surface area contributed by atoms with E-state index in [4.69, 9.17) is 25.8 Å². The maximum absolute atomic E-state index is 13.8. The van der Waals surface area contributed by atoms with Gasteiger partial charge in [0.1, 0.15) is 23.5 Å². The molecule has 3 amide bonds. The van der Waals surface area contributed by atoms with Gasteiger partial charge in [-0.3, -0.25) is 9.69 Å². The lowest BCUT2D eigenvalue weighted by Crippen LogP contribution is -2.51. The molecule has 2 aromatic rings. The first kappa shape index (κ1) is 37.8. The van der Waals surface area contributed by atoms with Gasteiger partial charge in [0.15, 0.2) is 0 Å². The van der Waals surface area contributed by atoms with Crippen LogP contribution in [-0.2, 0) is 36.1 Å². The minimum absolute atomic E-state index is 0.0586. The van der Waals surface area contributed by atoms with Crippen molar-refractivity contribution in [2.45, 2.75) is 87.9 Å². The first-order valence-electron chi connectivity index (χ1n) is 17.9. The largest absolute Gasteiger partial charge is 0.490 e. The van der Waals surface area contributed by atoms with E-state index >= 15 is 0 Å². The zero-order valence-corrected chi connectivity index (χ0v) is 32.3. The third-order valence-electron chi connectivity index (χ3n) is 10.6. The van der Waals surface area contributed by atoms with Gasteiger partial charge in [0.05, 0.1) is 17.2 Å². The Kier molecular flexibility index (Phi) is 10.5. The summed E-state index contributed by atoms with van der Waals surface area (Å²) in [6.45, 7) is 7.97. The highest BCUT2D eigenvalue weighted by Crippen LogP contribution is 2.47. The number of sulfonamides is 1. The number of hydrogen-bond acceptors (Lipinski definition) is 9. The molecule has 282 valence electrons. The molecule has 0 saturated heterocycles. The van der Waals surface area contributed by atoms with Crippen LogP contribution in [0.1, 0.15) is 64.5 Å². The van der Waals surface area contributed by atoms with Crippen LogP contribution in [0.4, 0.5) is 15.3 Å². The molecule has 1 fully saturated rings. The Bertz CT molecular complexity index is 1860. The van der Waals surface area contributed by atoms with Gasteiger partial charge < -0.3 is 24.0 Å². The average Bonchev–Trinajstić information content (AvgIpc) is 3.19. The van der Waals surface area contributed by atoms with E-state index in [0.29, 0.717) is 36.2 Å². The number of halogens is 1. The maximum atomic E-state index is 13.8. The molecule has 5 atom stereocenters. The SMILES string of the molecule is C[C@@H]1C(=O)NS(=O)(=O)c2ccc3c(c2)N(C[C@@H]2CC[C@H]2[C@@H](OC(=O)N(C)C)/C=C/CN1C(=O)OC(C)(C)C)C[C@@]1(CCCc2cc(Cl)ccc21)CO3. The molecule has 2 aromatic carbocycles. The van der Waals surface area contributed by atoms with E-state index in [1.54, 1.807) is 59.2 Å². The molecule has 2 bridgehead atoms. The van der Waals surface area contributed by atoms with Crippen molar-refractivity contribution >= 4 is 45.4 Å². The standard InChI is InChI=1S/C38H49ClN4O8S/c1-24-34(44)40-52(47,48)28-13-16-33-31(20-28)42(22-38(23-49-33)17-7-9-25-19-27(39)12-15-30(25)38)21-26-11-14-29(26)32(50-35(45)41(5)6)10-8-18-43(24)36(46)51-37(2,3)4/h8,10,12-13,15-16,19-20,24,26,29,32H,7,9,11,14,17-18,21-23H2,1-6H3,(H,40,44)/b10-8+/t24-,26+,29-,32+,38+/m1/s1. The molecule has 52 heavy (non-hydrogen) atoms. The van der Waals surface area contributed by atoms with Crippen LogP contribution in [0.5, 0.6) is 5.75 Å². The Morgan fingerprint density at radius 1 is 1.12 bits per heavy atom. The molecule has 2 aliphatic heterocycles. The summed E-state index contributed by atoms with van der Waals surface area (Å²) in [5.74, 6) is -0.341. The number of fused-ring (bicyclic) bond motifs is 4. The number of aryl methyl sites for hydroxylation is 1. The molecule has 0 aromatic heterocycles. The first-order valence-corrected chi connectivity index (χ1v) is 19.7. The van der Waals surface area contributed by atoms with Crippen LogP contribution in [0.25, 0.3) is 0 Å². The van der Waals surface area contributed by atoms with Gasteiger partial charge in [-0.1, -0.05) is 23.7 Å². The zero-order chi connectivity index (χ0) is 37.6. The number of benzene rings is 2. The summed E-state index contributed by atoms with van der Waals surface area (Å²) in [7, 11) is -1.12. The third-order valence-corrected chi connectivity index (χ3v) is 12.2. The molecule has 2 aliphatic carbocycles. The molecule has 4 aliphatic rings. The lowest BCUT2D eigenvalue weighted by molar-refractivity contribution is -0.123. The van der Waals surface area contributed by atoms with E-state index in [0.717, 1.165) is 37.0 Å². The van der Waals surface area contributed by atoms with E-state index in [1.165, 1.54) is 29.0 Å². The molecule has 12 nitrogen and oxygen atoms in total. The second kappa shape index (κ2) is 14.5. The number of nitrogens with one attached hydrogen (secondary N) is 1.